The van der Waals surface area contributed by atoms with E-state index in [4.69, 9.17) is 4.74 Å². The number of fused-ring (bicyclic) bond motifs is 1. The highest BCUT2D eigenvalue weighted by molar-refractivity contribution is 5.80. The lowest BCUT2D eigenvalue weighted by molar-refractivity contribution is 0.162. The summed E-state index contributed by atoms with van der Waals surface area (Å²) in [6, 6.07) is 8.31. The highest BCUT2D eigenvalue weighted by Gasteiger charge is 2.14. The van der Waals surface area contributed by atoms with Crippen molar-refractivity contribution in [3.63, 3.8) is 0 Å². The molecule has 3 heteroatoms. The molecule has 2 N–H and O–H groups in total. The van der Waals surface area contributed by atoms with E-state index in [2.05, 4.69) is 34.6 Å². The van der Waals surface area contributed by atoms with Crippen LogP contribution in [0.2, 0.25) is 0 Å². The molecule has 3 rings (SSSR count). The number of piperidine rings is 1. The first kappa shape index (κ1) is 9.73. The summed E-state index contributed by atoms with van der Waals surface area (Å²) in [5, 5.41) is 4.57. The van der Waals surface area contributed by atoms with Crippen molar-refractivity contribution in [1.82, 2.24) is 10.3 Å². The Morgan fingerprint density at radius 1 is 1.12 bits per heavy atom. The molecule has 1 aliphatic rings. The van der Waals surface area contributed by atoms with Crippen molar-refractivity contribution < 1.29 is 4.74 Å². The average Bonchev–Trinajstić information content (AvgIpc) is 2.77. The van der Waals surface area contributed by atoms with E-state index in [0.717, 1.165) is 37.2 Å². The molecule has 0 unspecified atom stereocenters. The molecule has 84 valence electrons. The van der Waals surface area contributed by atoms with Crippen LogP contribution in [0.25, 0.3) is 10.9 Å². The number of aromatic nitrogens is 1. The minimum atomic E-state index is 0.369. The molecule has 0 saturated carbocycles. The average molecular weight is 216 g/mol. The van der Waals surface area contributed by atoms with Gasteiger partial charge in [0.25, 0.3) is 0 Å². The minimum Gasteiger partial charge on any atom is -0.490 e. The lowest BCUT2D eigenvalue weighted by atomic mass is 10.1. The molecule has 16 heavy (non-hydrogen) atoms. The molecule has 0 radical (unpaired) electrons. The van der Waals surface area contributed by atoms with Gasteiger partial charge in [0.1, 0.15) is 11.9 Å². The monoisotopic (exact) mass is 216 g/mol. The summed E-state index contributed by atoms with van der Waals surface area (Å²) in [6.45, 7) is 2.13. The van der Waals surface area contributed by atoms with Crippen molar-refractivity contribution in [1.29, 1.82) is 0 Å². The Bertz CT molecular complexity index is 471. The smallest absolute Gasteiger partial charge is 0.121 e. The van der Waals surface area contributed by atoms with Gasteiger partial charge in [-0.3, -0.25) is 0 Å². The Labute approximate surface area is 94.8 Å². The van der Waals surface area contributed by atoms with Crippen LogP contribution >= 0.6 is 0 Å². The van der Waals surface area contributed by atoms with Crippen LogP contribution in [0.1, 0.15) is 12.8 Å². The summed E-state index contributed by atoms with van der Waals surface area (Å²) >= 11 is 0. The van der Waals surface area contributed by atoms with E-state index in [-0.39, 0.29) is 0 Å². The molecule has 3 nitrogen and oxygen atoms in total. The van der Waals surface area contributed by atoms with E-state index in [9.17, 15) is 0 Å². The maximum Gasteiger partial charge on any atom is 0.121 e. The largest absolute Gasteiger partial charge is 0.490 e. The summed E-state index contributed by atoms with van der Waals surface area (Å²) in [5.74, 6) is 0.974. The van der Waals surface area contributed by atoms with Gasteiger partial charge in [-0.25, -0.2) is 0 Å². The second kappa shape index (κ2) is 4.18. The number of aromatic amines is 1. The zero-order valence-corrected chi connectivity index (χ0v) is 9.20. The van der Waals surface area contributed by atoms with Crippen LogP contribution in [0.15, 0.2) is 30.5 Å². The third kappa shape index (κ3) is 1.91. The first-order valence-electron chi connectivity index (χ1n) is 5.86. The number of nitrogens with one attached hydrogen (secondary N) is 2. The van der Waals surface area contributed by atoms with Crippen molar-refractivity contribution in [3.05, 3.63) is 30.5 Å². The second-order valence-corrected chi connectivity index (χ2v) is 4.29. The molecule has 1 fully saturated rings. The number of H-pyrrole nitrogens is 1. The number of hydrogen-bond donors (Lipinski definition) is 2. The summed E-state index contributed by atoms with van der Waals surface area (Å²) in [5.41, 5.74) is 1.14. The summed E-state index contributed by atoms with van der Waals surface area (Å²) in [4.78, 5) is 3.20. The van der Waals surface area contributed by atoms with E-state index in [1.54, 1.807) is 0 Å². The molecule has 0 atom stereocenters. The Morgan fingerprint density at radius 2 is 2.00 bits per heavy atom. The van der Waals surface area contributed by atoms with E-state index in [1.165, 1.54) is 5.39 Å². The van der Waals surface area contributed by atoms with Gasteiger partial charge in [-0.2, -0.15) is 0 Å². The maximum atomic E-state index is 5.97. The van der Waals surface area contributed by atoms with Crippen molar-refractivity contribution in [2.45, 2.75) is 18.9 Å². The fourth-order valence-corrected chi connectivity index (χ4v) is 2.21. The number of hydrogen-bond acceptors (Lipinski definition) is 2. The Hall–Kier alpha value is -1.48. The molecule has 0 amide bonds. The molecule has 0 spiro atoms. The van der Waals surface area contributed by atoms with E-state index < -0.39 is 0 Å². The zero-order chi connectivity index (χ0) is 10.8. The fourth-order valence-electron chi connectivity index (χ4n) is 2.21. The fraction of sp³-hybridized carbons (Fsp3) is 0.385. The van der Waals surface area contributed by atoms with Crippen LogP contribution in [0.4, 0.5) is 0 Å². The lowest BCUT2D eigenvalue weighted by Gasteiger charge is -2.23. The summed E-state index contributed by atoms with van der Waals surface area (Å²) in [6.07, 6.45) is 4.53. The predicted molar refractivity (Wildman–Crippen MR) is 64.8 cm³/mol. The first-order valence-corrected chi connectivity index (χ1v) is 5.86. The van der Waals surface area contributed by atoms with Crippen LogP contribution in [-0.2, 0) is 0 Å². The Balaban J connectivity index is 1.77. The molecule has 1 aromatic heterocycles. The molecule has 1 aromatic carbocycles. The maximum absolute atomic E-state index is 5.97. The Kier molecular flexibility index (Phi) is 2.54. The van der Waals surface area contributed by atoms with Crippen LogP contribution < -0.4 is 10.1 Å². The second-order valence-electron chi connectivity index (χ2n) is 4.29. The normalized spacial score (nSPS) is 17.8. The number of benzene rings is 1. The van der Waals surface area contributed by atoms with Crippen molar-refractivity contribution in [2.24, 2.45) is 0 Å². The van der Waals surface area contributed by atoms with Gasteiger partial charge in [0.2, 0.25) is 0 Å². The Morgan fingerprint density at radius 3 is 2.88 bits per heavy atom. The summed E-state index contributed by atoms with van der Waals surface area (Å²) < 4.78 is 5.97. The van der Waals surface area contributed by atoms with Gasteiger partial charge < -0.3 is 15.0 Å². The zero-order valence-electron chi connectivity index (χ0n) is 9.20. The highest BCUT2D eigenvalue weighted by Crippen LogP contribution is 2.22. The van der Waals surface area contributed by atoms with Crippen LogP contribution in [-0.4, -0.2) is 24.2 Å². The van der Waals surface area contributed by atoms with Gasteiger partial charge in [0, 0.05) is 17.8 Å². The molecular formula is C13H16N2O. The summed E-state index contributed by atoms with van der Waals surface area (Å²) in [7, 11) is 0. The topological polar surface area (TPSA) is 37.0 Å². The first-order chi connectivity index (χ1) is 7.92. The molecule has 0 bridgehead atoms. The van der Waals surface area contributed by atoms with E-state index in [1.807, 2.05) is 6.20 Å². The third-order valence-electron chi connectivity index (χ3n) is 3.12. The van der Waals surface area contributed by atoms with Crippen molar-refractivity contribution >= 4 is 10.9 Å². The van der Waals surface area contributed by atoms with Gasteiger partial charge in [-0.1, -0.05) is 0 Å². The standard InChI is InChI=1S/C13H16N2O/c1-2-12(9-13-10(1)3-8-15-13)16-11-4-6-14-7-5-11/h1-3,8-9,11,14-15H,4-7H2. The van der Waals surface area contributed by atoms with E-state index in [0.29, 0.717) is 6.10 Å². The van der Waals surface area contributed by atoms with Crippen molar-refractivity contribution in [3.8, 4) is 5.75 Å². The predicted octanol–water partition coefficient (Wildman–Crippen LogP) is 2.30. The van der Waals surface area contributed by atoms with E-state index >= 15 is 0 Å². The SMILES string of the molecule is c1cc2ccc(OC3CCNCC3)cc2[nH]1. The lowest BCUT2D eigenvalue weighted by Crippen LogP contribution is -2.34. The van der Waals surface area contributed by atoms with Crippen LogP contribution in [0.3, 0.4) is 0 Å². The minimum absolute atomic E-state index is 0.369. The molecule has 0 aliphatic carbocycles. The van der Waals surface area contributed by atoms with Crippen molar-refractivity contribution in [2.75, 3.05) is 13.1 Å². The van der Waals surface area contributed by atoms with Gasteiger partial charge in [-0.15, -0.1) is 0 Å². The quantitative estimate of drug-likeness (QED) is 0.808. The molecule has 1 aliphatic heterocycles. The number of ether oxygens (including phenoxy) is 1. The molecule has 2 aromatic rings. The van der Waals surface area contributed by atoms with Crippen LogP contribution in [0.5, 0.6) is 5.75 Å². The molecular weight excluding hydrogens is 200 g/mol. The van der Waals surface area contributed by atoms with Gasteiger partial charge in [0.05, 0.1) is 0 Å². The van der Waals surface area contributed by atoms with Gasteiger partial charge in [-0.05, 0) is 49.5 Å². The molecule has 1 saturated heterocycles. The molecule has 2 heterocycles. The van der Waals surface area contributed by atoms with Gasteiger partial charge in [0.15, 0.2) is 0 Å². The highest BCUT2D eigenvalue weighted by atomic mass is 16.5. The van der Waals surface area contributed by atoms with Gasteiger partial charge >= 0.3 is 0 Å². The van der Waals surface area contributed by atoms with Crippen LogP contribution in [0, 0.1) is 0 Å². The third-order valence-corrected chi connectivity index (χ3v) is 3.12. The number of rotatable bonds is 2.